The number of hydrogen-bond acceptors (Lipinski definition) is 5. The number of fused-ring (bicyclic) bond motifs is 1. The van der Waals surface area contributed by atoms with Crippen molar-refractivity contribution in [3.05, 3.63) is 101 Å². The van der Waals surface area contributed by atoms with Crippen molar-refractivity contribution in [3.63, 3.8) is 0 Å². The number of hydrogen-bond donors (Lipinski definition) is 0. The SMILES string of the molecule is CCOC(=O)CC(c1ccccc1)N1C(=O)c2cc(CCCCCC#N)ccc2N(C(C)C)C(=O)C1c1ccccc1. The highest BCUT2D eigenvalue weighted by Crippen LogP contribution is 2.42. The van der Waals surface area contributed by atoms with E-state index in [0.29, 0.717) is 23.2 Å². The fraction of sp³-hybridized carbons (Fsp3) is 0.371. The van der Waals surface area contributed by atoms with Gasteiger partial charge >= 0.3 is 5.97 Å². The number of nitrogens with zero attached hydrogens (tertiary/aromatic N) is 3. The summed E-state index contributed by atoms with van der Waals surface area (Å²) in [5.41, 5.74) is 3.43. The number of nitriles is 1. The summed E-state index contributed by atoms with van der Waals surface area (Å²) >= 11 is 0. The van der Waals surface area contributed by atoms with E-state index in [4.69, 9.17) is 10.00 Å². The molecule has 3 aromatic carbocycles. The van der Waals surface area contributed by atoms with Gasteiger partial charge in [-0.15, -0.1) is 0 Å². The Kier molecular flexibility index (Phi) is 10.5. The number of anilines is 1. The molecule has 218 valence electrons. The third-order valence-corrected chi connectivity index (χ3v) is 7.61. The molecule has 2 atom stereocenters. The van der Waals surface area contributed by atoms with Crippen LogP contribution in [0.15, 0.2) is 78.9 Å². The van der Waals surface area contributed by atoms with Crippen LogP contribution in [0.1, 0.15) is 92.0 Å². The van der Waals surface area contributed by atoms with Gasteiger partial charge in [0.2, 0.25) is 0 Å². The molecule has 0 saturated carbocycles. The number of aryl methyl sites for hydroxylation is 1. The fourth-order valence-corrected chi connectivity index (χ4v) is 5.68. The smallest absolute Gasteiger partial charge is 0.308 e. The maximum atomic E-state index is 14.8. The highest BCUT2D eigenvalue weighted by atomic mass is 16.5. The van der Waals surface area contributed by atoms with Crippen LogP contribution in [0.3, 0.4) is 0 Å². The number of amides is 2. The monoisotopic (exact) mass is 565 g/mol. The zero-order valence-corrected chi connectivity index (χ0v) is 24.7. The second kappa shape index (κ2) is 14.5. The van der Waals surface area contributed by atoms with Gasteiger partial charge in [-0.3, -0.25) is 14.4 Å². The van der Waals surface area contributed by atoms with E-state index in [2.05, 4.69) is 6.07 Å². The van der Waals surface area contributed by atoms with Crippen LogP contribution in [0.2, 0.25) is 0 Å². The Balaban J connectivity index is 1.89. The van der Waals surface area contributed by atoms with E-state index in [-0.39, 0.29) is 30.9 Å². The van der Waals surface area contributed by atoms with Gasteiger partial charge in [-0.1, -0.05) is 73.2 Å². The summed E-state index contributed by atoms with van der Waals surface area (Å²) in [6.07, 6.45) is 3.87. The molecule has 2 unspecified atom stereocenters. The van der Waals surface area contributed by atoms with Crippen molar-refractivity contribution < 1.29 is 19.1 Å². The van der Waals surface area contributed by atoms with Gasteiger partial charge in [-0.05, 0) is 68.9 Å². The first-order valence-corrected chi connectivity index (χ1v) is 14.8. The van der Waals surface area contributed by atoms with Crippen molar-refractivity contribution in [3.8, 4) is 6.07 Å². The first-order valence-electron chi connectivity index (χ1n) is 14.8. The van der Waals surface area contributed by atoms with Crippen LogP contribution in [-0.2, 0) is 20.7 Å². The molecular weight excluding hydrogens is 526 g/mol. The molecule has 1 aliphatic rings. The van der Waals surface area contributed by atoms with E-state index >= 15 is 0 Å². The van der Waals surface area contributed by atoms with Crippen LogP contribution in [0, 0.1) is 11.3 Å². The minimum atomic E-state index is -0.956. The van der Waals surface area contributed by atoms with E-state index in [9.17, 15) is 14.4 Å². The molecule has 0 bridgehead atoms. The van der Waals surface area contributed by atoms with Crippen molar-refractivity contribution in [2.45, 2.75) is 77.4 Å². The lowest BCUT2D eigenvalue weighted by molar-refractivity contribution is -0.145. The topological polar surface area (TPSA) is 90.7 Å². The number of ether oxygens (including phenoxy) is 1. The zero-order chi connectivity index (χ0) is 30.1. The summed E-state index contributed by atoms with van der Waals surface area (Å²) in [4.78, 5) is 45.7. The largest absolute Gasteiger partial charge is 0.466 e. The standard InChI is InChI=1S/C35H39N3O4/c1-4-42-32(39)24-31(27-16-10-7-11-17-27)38-33(28-18-12-8-13-19-28)35(41)37(25(2)3)30-21-20-26(23-29(30)34(38)40)15-9-5-6-14-22-36/h7-8,10-13,16-21,23,25,31,33H,4-6,9,14-15,24H2,1-3H3. The summed E-state index contributed by atoms with van der Waals surface area (Å²) in [6.45, 7) is 5.86. The Morgan fingerprint density at radius 1 is 0.952 bits per heavy atom. The van der Waals surface area contributed by atoms with Crippen molar-refractivity contribution >= 4 is 23.5 Å². The molecule has 0 fully saturated rings. The summed E-state index contributed by atoms with van der Waals surface area (Å²) in [5, 5.41) is 8.85. The van der Waals surface area contributed by atoms with Crippen molar-refractivity contribution in [2.24, 2.45) is 0 Å². The lowest BCUT2D eigenvalue weighted by Gasteiger charge is -2.37. The highest BCUT2D eigenvalue weighted by Gasteiger charge is 2.45. The predicted molar refractivity (Wildman–Crippen MR) is 163 cm³/mol. The lowest BCUT2D eigenvalue weighted by atomic mass is 9.95. The Hall–Kier alpha value is -4.44. The molecule has 7 heteroatoms. The van der Waals surface area contributed by atoms with Crippen LogP contribution in [0.25, 0.3) is 0 Å². The van der Waals surface area contributed by atoms with Crippen LogP contribution in [-0.4, -0.2) is 35.3 Å². The molecule has 4 rings (SSSR count). The van der Waals surface area contributed by atoms with Gasteiger partial charge in [0.25, 0.3) is 11.8 Å². The Morgan fingerprint density at radius 2 is 1.64 bits per heavy atom. The molecule has 0 aliphatic carbocycles. The minimum absolute atomic E-state index is 0.0875. The lowest BCUT2D eigenvalue weighted by Crippen LogP contribution is -2.46. The maximum Gasteiger partial charge on any atom is 0.308 e. The average Bonchev–Trinajstić information content (AvgIpc) is 3.08. The van der Waals surface area contributed by atoms with E-state index in [1.54, 1.807) is 16.7 Å². The molecule has 0 radical (unpaired) electrons. The fourth-order valence-electron chi connectivity index (χ4n) is 5.68. The third-order valence-electron chi connectivity index (χ3n) is 7.61. The number of carbonyl (C=O) groups is 3. The summed E-state index contributed by atoms with van der Waals surface area (Å²) < 4.78 is 5.35. The molecule has 0 aromatic heterocycles. The molecule has 42 heavy (non-hydrogen) atoms. The van der Waals surface area contributed by atoms with Crippen LogP contribution in [0.4, 0.5) is 5.69 Å². The third kappa shape index (κ3) is 6.88. The van der Waals surface area contributed by atoms with Gasteiger partial charge in [0, 0.05) is 12.5 Å². The van der Waals surface area contributed by atoms with Gasteiger partial charge in [-0.2, -0.15) is 5.26 Å². The van der Waals surface area contributed by atoms with Gasteiger partial charge < -0.3 is 14.5 Å². The van der Waals surface area contributed by atoms with Crippen LogP contribution in [0.5, 0.6) is 0 Å². The van der Waals surface area contributed by atoms with Gasteiger partial charge in [-0.25, -0.2) is 0 Å². The van der Waals surface area contributed by atoms with E-state index < -0.39 is 18.1 Å². The zero-order valence-electron chi connectivity index (χ0n) is 24.7. The van der Waals surface area contributed by atoms with Crippen molar-refractivity contribution in [2.75, 3.05) is 11.5 Å². The van der Waals surface area contributed by atoms with Crippen LogP contribution >= 0.6 is 0 Å². The van der Waals surface area contributed by atoms with E-state index in [0.717, 1.165) is 36.8 Å². The molecule has 1 heterocycles. The Labute approximate surface area is 248 Å². The molecule has 0 N–H and O–H groups in total. The number of rotatable bonds is 12. The number of benzene rings is 3. The molecule has 0 saturated heterocycles. The van der Waals surface area contributed by atoms with E-state index in [1.807, 2.05) is 92.7 Å². The minimum Gasteiger partial charge on any atom is -0.466 e. The Morgan fingerprint density at radius 3 is 2.29 bits per heavy atom. The second-order valence-electron chi connectivity index (χ2n) is 10.8. The van der Waals surface area contributed by atoms with Crippen LogP contribution < -0.4 is 4.90 Å². The van der Waals surface area contributed by atoms with Gasteiger partial charge in [0.15, 0.2) is 0 Å². The highest BCUT2D eigenvalue weighted by molar-refractivity contribution is 6.11. The first-order chi connectivity index (χ1) is 20.4. The molecule has 2 amide bonds. The maximum absolute atomic E-state index is 14.8. The first kappa shape index (κ1) is 30.5. The number of unbranched alkanes of at least 4 members (excludes halogenated alkanes) is 3. The van der Waals surface area contributed by atoms with Crippen molar-refractivity contribution in [1.82, 2.24) is 4.90 Å². The Bertz CT molecular complexity index is 1420. The van der Waals surface area contributed by atoms with Gasteiger partial charge in [0.05, 0.1) is 36.4 Å². The predicted octanol–water partition coefficient (Wildman–Crippen LogP) is 6.95. The molecule has 0 spiro atoms. The number of carbonyl (C=O) groups excluding carboxylic acids is 3. The second-order valence-corrected chi connectivity index (χ2v) is 10.8. The average molecular weight is 566 g/mol. The summed E-state index contributed by atoms with van der Waals surface area (Å²) in [5.74, 6) is -0.966. The summed E-state index contributed by atoms with van der Waals surface area (Å²) in [7, 11) is 0. The number of esters is 1. The molecular formula is C35H39N3O4. The van der Waals surface area contributed by atoms with Gasteiger partial charge in [0.1, 0.15) is 6.04 Å². The quantitative estimate of drug-likeness (QED) is 0.175. The molecule has 1 aliphatic heterocycles. The molecule has 3 aromatic rings. The van der Waals surface area contributed by atoms with Crippen molar-refractivity contribution in [1.29, 1.82) is 5.26 Å². The van der Waals surface area contributed by atoms with E-state index in [1.165, 1.54) is 0 Å². The molecule has 7 nitrogen and oxygen atoms in total. The summed E-state index contributed by atoms with van der Waals surface area (Å²) in [6, 6.07) is 24.7. The normalized spacial score (nSPS) is 15.6.